The van der Waals surface area contributed by atoms with E-state index in [0.717, 1.165) is 55.9 Å². The molecule has 2 atom stereocenters. The first-order valence-electron chi connectivity index (χ1n) is 9.25. The Labute approximate surface area is 149 Å². The molecule has 138 valence electrons. The molecule has 0 saturated carbocycles. The van der Waals surface area contributed by atoms with Gasteiger partial charge < -0.3 is 19.5 Å². The molecule has 0 spiro atoms. The fourth-order valence-electron chi connectivity index (χ4n) is 4.20. The number of fused-ring (bicyclic) bond motifs is 1. The van der Waals surface area contributed by atoms with E-state index >= 15 is 0 Å². The van der Waals surface area contributed by atoms with Crippen LogP contribution < -0.4 is 5.32 Å². The Balaban J connectivity index is 1.71. The second kappa shape index (κ2) is 7.60. The molecule has 1 N–H and O–H groups in total. The largest absolute Gasteiger partial charge is 0.385 e. The van der Waals surface area contributed by atoms with Crippen LogP contribution in [0, 0.1) is 19.8 Å². The number of carbonyl (C=O) groups is 2. The summed E-state index contributed by atoms with van der Waals surface area (Å²) >= 11 is 0. The summed E-state index contributed by atoms with van der Waals surface area (Å²) in [6, 6.07) is 2.11. The molecule has 0 aliphatic carbocycles. The van der Waals surface area contributed by atoms with Gasteiger partial charge in [0, 0.05) is 51.2 Å². The topological polar surface area (TPSA) is 63.6 Å². The summed E-state index contributed by atoms with van der Waals surface area (Å²) < 4.78 is 7.33. The fourth-order valence-corrected chi connectivity index (χ4v) is 4.20. The van der Waals surface area contributed by atoms with Crippen molar-refractivity contribution in [2.24, 2.45) is 5.92 Å². The average molecular weight is 347 g/mol. The van der Waals surface area contributed by atoms with Gasteiger partial charge in [0.25, 0.3) is 5.91 Å². The Hall–Kier alpha value is -1.82. The van der Waals surface area contributed by atoms with Crippen LogP contribution in [0.1, 0.15) is 47.4 Å². The van der Waals surface area contributed by atoms with Crippen molar-refractivity contribution in [1.82, 2.24) is 14.8 Å². The van der Waals surface area contributed by atoms with Crippen LogP contribution in [0.5, 0.6) is 0 Å². The van der Waals surface area contributed by atoms with Crippen molar-refractivity contribution in [3.8, 4) is 0 Å². The van der Waals surface area contributed by atoms with E-state index in [0.29, 0.717) is 18.9 Å². The number of ether oxygens (including phenoxy) is 1. The zero-order chi connectivity index (χ0) is 18.0. The van der Waals surface area contributed by atoms with E-state index in [1.807, 2.05) is 24.8 Å². The first-order chi connectivity index (χ1) is 12.0. The molecule has 0 unspecified atom stereocenters. The molecule has 3 heterocycles. The third-order valence-electron chi connectivity index (χ3n) is 5.59. The van der Waals surface area contributed by atoms with E-state index < -0.39 is 0 Å². The molecule has 25 heavy (non-hydrogen) atoms. The lowest BCUT2D eigenvalue weighted by molar-refractivity contribution is -0.121. The summed E-state index contributed by atoms with van der Waals surface area (Å²) in [6.45, 7) is 7.02. The molecular weight excluding hydrogens is 318 g/mol. The molecule has 3 rings (SSSR count). The van der Waals surface area contributed by atoms with Gasteiger partial charge in [-0.15, -0.1) is 0 Å². The number of aryl methyl sites for hydroxylation is 1. The number of hydrogen-bond donors (Lipinski definition) is 1. The van der Waals surface area contributed by atoms with Crippen LogP contribution >= 0.6 is 0 Å². The first-order valence-corrected chi connectivity index (χ1v) is 9.25. The second-order valence-electron chi connectivity index (χ2n) is 7.32. The highest BCUT2D eigenvalue weighted by Crippen LogP contribution is 2.27. The molecule has 2 aliphatic heterocycles. The van der Waals surface area contributed by atoms with Crippen molar-refractivity contribution in [1.29, 1.82) is 0 Å². The van der Waals surface area contributed by atoms with E-state index in [9.17, 15) is 9.59 Å². The lowest BCUT2D eigenvalue weighted by atomic mass is 9.99. The molecule has 6 nitrogen and oxygen atoms in total. The predicted octanol–water partition coefficient (Wildman–Crippen LogP) is 1.88. The summed E-state index contributed by atoms with van der Waals surface area (Å²) in [5.74, 6) is 0.604. The molecule has 0 aromatic carbocycles. The zero-order valence-electron chi connectivity index (χ0n) is 15.5. The second-order valence-corrected chi connectivity index (χ2v) is 7.32. The Morgan fingerprint density at radius 2 is 2.16 bits per heavy atom. The Kier molecular flexibility index (Phi) is 5.47. The quantitative estimate of drug-likeness (QED) is 0.827. The van der Waals surface area contributed by atoms with E-state index in [-0.39, 0.29) is 17.9 Å². The van der Waals surface area contributed by atoms with Crippen molar-refractivity contribution in [3.05, 3.63) is 23.0 Å². The molecule has 2 fully saturated rings. The first kappa shape index (κ1) is 18.0. The highest BCUT2D eigenvalue weighted by atomic mass is 16.5. The third-order valence-corrected chi connectivity index (χ3v) is 5.59. The molecule has 6 heteroatoms. The minimum Gasteiger partial charge on any atom is -0.385 e. The highest BCUT2D eigenvalue weighted by molar-refractivity contribution is 5.96. The SMILES string of the molecule is COCCCn1c(C)cc(C(=O)N2C[C@H]3CCCC(=O)N[C@H]3C2)c1C. The number of nitrogens with one attached hydrogen (secondary N) is 1. The summed E-state index contributed by atoms with van der Waals surface area (Å²) in [5, 5.41) is 3.09. The van der Waals surface area contributed by atoms with Gasteiger partial charge in [0.1, 0.15) is 0 Å². The third kappa shape index (κ3) is 3.73. The van der Waals surface area contributed by atoms with Crippen molar-refractivity contribution in [3.63, 3.8) is 0 Å². The van der Waals surface area contributed by atoms with E-state index in [1.54, 1.807) is 7.11 Å². The molecule has 0 bridgehead atoms. The molecular formula is C19H29N3O3. The van der Waals surface area contributed by atoms with E-state index in [2.05, 4.69) is 9.88 Å². The number of aromatic nitrogens is 1. The van der Waals surface area contributed by atoms with Crippen LogP contribution in [0.15, 0.2) is 6.07 Å². The molecule has 1 aromatic rings. The van der Waals surface area contributed by atoms with Gasteiger partial charge in [-0.3, -0.25) is 9.59 Å². The number of methoxy groups -OCH3 is 1. The Bertz CT molecular complexity index is 653. The number of likely N-dealkylation sites (tertiary alicyclic amines) is 1. The summed E-state index contributed by atoms with van der Waals surface area (Å²) in [4.78, 5) is 26.7. The average Bonchev–Trinajstić information content (AvgIpc) is 3.04. The van der Waals surface area contributed by atoms with Crippen LogP contribution in [-0.4, -0.2) is 54.1 Å². The minimum atomic E-state index is 0.0911. The highest BCUT2D eigenvalue weighted by Gasteiger charge is 2.38. The van der Waals surface area contributed by atoms with Gasteiger partial charge in [0.05, 0.1) is 11.6 Å². The van der Waals surface area contributed by atoms with Crippen molar-refractivity contribution in [2.45, 2.75) is 52.1 Å². The van der Waals surface area contributed by atoms with Gasteiger partial charge in [-0.1, -0.05) is 0 Å². The van der Waals surface area contributed by atoms with E-state index in [4.69, 9.17) is 4.74 Å². The predicted molar refractivity (Wildman–Crippen MR) is 95.6 cm³/mol. The number of rotatable bonds is 5. The van der Waals surface area contributed by atoms with Gasteiger partial charge in [-0.2, -0.15) is 0 Å². The van der Waals surface area contributed by atoms with Crippen LogP contribution in [0.25, 0.3) is 0 Å². The molecule has 0 radical (unpaired) electrons. The van der Waals surface area contributed by atoms with Gasteiger partial charge in [0.2, 0.25) is 5.91 Å². The molecule has 2 amide bonds. The van der Waals surface area contributed by atoms with Gasteiger partial charge in [-0.05, 0) is 45.1 Å². The standard InChI is InChI=1S/C19H29N3O3/c1-13-10-16(14(2)22(13)8-5-9-25-3)19(24)21-11-15-6-4-7-18(23)20-17(15)12-21/h10,15,17H,4-9,11-12H2,1-3H3,(H,20,23)/t15-,17+/m1/s1. The normalized spacial score (nSPS) is 23.3. The molecule has 1 aromatic heterocycles. The number of amides is 2. The summed E-state index contributed by atoms with van der Waals surface area (Å²) in [6.07, 6.45) is 3.48. The molecule has 2 saturated heterocycles. The van der Waals surface area contributed by atoms with E-state index in [1.165, 1.54) is 0 Å². The van der Waals surface area contributed by atoms with Crippen LogP contribution in [0.4, 0.5) is 0 Å². The zero-order valence-corrected chi connectivity index (χ0v) is 15.5. The van der Waals surface area contributed by atoms with Crippen LogP contribution in [-0.2, 0) is 16.1 Å². The Morgan fingerprint density at radius 1 is 1.36 bits per heavy atom. The maximum absolute atomic E-state index is 13.0. The van der Waals surface area contributed by atoms with Crippen molar-refractivity contribution in [2.75, 3.05) is 26.8 Å². The van der Waals surface area contributed by atoms with Crippen molar-refractivity contribution >= 4 is 11.8 Å². The number of carbonyl (C=O) groups excluding carboxylic acids is 2. The number of nitrogens with zero attached hydrogens (tertiary/aromatic N) is 2. The summed E-state index contributed by atoms with van der Waals surface area (Å²) in [5.41, 5.74) is 2.92. The van der Waals surface area contributed by atoms with Crippen molar-refractivity contribution < 1.29 is 14.3 Å². The lowest BCUT2D eigenvalue weighted by Gasteiger charge is -2.17. The van der Waals surface area contributed by atoms with Gasteiger partial charge >= 0.3 is 0 Å². The smallest absolute Gasteiger partial charge is 0.255 e. The maximum atomic E-state index is 13.0. The summed E-state index contributed by atoms with van der Waals surface area (Å²) in [7, 11) is 1.71. The van der Waals surface area contributed by atoms with Gasteiger partial charge in [-0.25, -0.2) is 0 Å². The van der Waals surface area contributed by atoms with Gasteiger partial charge in [0.15, 0.2) is 0 Å². The van der Waals surface area contributed by atoms with Crippen LogP contribution in [0.2, 0.25) is 0 Å². The Morgan fingerprint density at radius 3 is 2.92 bits per heavy atom. The maximum Gasteiger partial charge on any atom is 0.255 e. The number of hydrogen-bond acceptors (Lipinski definition) is 3. The fraction of sp³-hybridized carbons (Fsp3) is 0.684. The minimum absolute atomic E-state index is 0.0911. The van der Waals surface area contributed by atoms with Crippen LogP contribution in [0.3, 0.4) is 0 Å². The monoisotopic (exact) mass is 347 g/mol. The molecule has 2 aliphatic rings. The lowest BCUT2D eigenvalue weighted by Crippen LogP contribution is -2.39.